The maximum atomic E-state index is 12.9. The molecule has 0 N–H and O–H groups in total. The van der Waals surface area contributed by atoms with Crippen LogP contribution in [0.5, 0.6) is 5.75 Å². The fraction of sp³-hybridized carbons (Fsp3) is 0.533. The number of methoxy groups -OCH3 is 1. The summed E-state index contributed by atoms with van der Waals surface area (Å²) in [5.74, 6) is 0.121. The van der Waals surface area contributed by atoms with Gasteiger partial charge in [-0.2, -0.15) is 18.4 Å². The smallest absolute Gasteiger partial charge is 0.417 e. The van der Waals surface area contributed by atoms with Gasteiger partial charge in [0.1, 0.15) is 11.9 Å². The van der Waals surface area contributed by atoms with Gasteiger partial charge >= 0.3 is 6.18 Å². The Morgan fingerprint density at radius 1 is 1.19 bits per heavy atom. The van der Waals surface area contributed by atoms with Crippen LogP contribution in [0.3, 0.4) is 0 Å². The minimum atomic E-state index is -4.57. The molecule has 1 aromatic rings. The Balaban J connectivity index is 2.23. The predicted octanol–water partition coefficient (Wildman–Crippen LogP) is 3.91. The monoisotopic (exact) mass is 299 g/mol. The van der Waals surface area contributed by atoms with Crippen LogP contribution in [0.4, 0.5) is 13.2 Å². The summed E-state index contributed by atoms with van der Waals surface area (Å²) in [6.45, 7) is 0. The van der Waals surface area contributed by atoms with E-state index in [0.717, 1.165) is 37.8 Å². The molecule has 1 saturated carbocycles. The van der Waals surface area contributed by atoms with Crippen LogP contribution in [0.25, 0.3) is 0 Å². The van der Waals surface area contributed by atoms with Crippen LogP contribution in [0, 0.1) is 11.3 Å². The van der Waals surface area contributed by atoms with Crippen LogP contribution >= 0.6 is 0 Å². The van der Waals surface area contributed by atoms with E-state index in [1.54, 1.807) is 13.2 Å². The van der Waals surface area contributed by atoms with Gasteiger partial charge in [0.2, 0.25) is 0 Å². The first-order chi connectivity index (χ1) is 9.95. The molecule has 1 aliphatic carbocycles. The molecule has 1 fully saturated rings. The van der Waals surface area contributed by atoms with Crippen molar-refractivity contribution in [1.82, 2.24) is 0 Å². The van der Waals surface area contributed by atoms with Crippen LogP contribution in [-0.4, -0.2) is 19.3 Å². The molecule has 0 unspecified atom stereocenters. The molecule has 6 heteroatoms. The Morgan fingerprint density at radius 2 is 1.86 bits per heavy atom. The summed E-state index contributed by atoms with van der Waals surface area (Å²) in [6.07, 6.45) is -1.35. The summed E-state index contributed by atoms with van der Waals surface area (Å²) in [6, 6.07) is 4.98. The lowest BCUT2D eigenvalue weighted by molar-refractivity contribution is -0.138. The molecule has 1 aliphatic rings. The summed E-state index contributed by atoms with van der Waals surface area (Å²) < 4.78 is 49.7. The molecule has 0 spiro atoms. The van der Waals surface area contributed by atoms with Gasteiger partial charge in [0.25, 0.3) is 0 Å². The topological polar surface area (TPSA) is 42.2 Å². The van der Waals surface area contributed by atoms with E-state index in [1.165, 1.54) is 6.07 Å². The normalized spacial score (nSPS) is 22.6. The Bertz CT molecular complexity index is 537. The lowest BCUT2D eigenvalue weighted by atomic mass is 9.94. The molecule has 2 atom stereocenters. The number of halogens is 3. The molecule has 0 saturated heterocycles. The van der Waals surface area contributed by atoms with Gasteiger partial charge in [0.15, 0.2) is 0 Å². The van der Waals surface area contributed by atoms with Crippen molar-refractivity contribution in [3.8, 4) is 11.8 Å². The molecule has 0 radical (unpaired) electrons. The van der Waals surface area contributed by atoms with Crippen molar-refractivity contribution in [1.29, 1.82) is 5.26 Å². The highest BCUT2D eigenvalue weighted by atomic mass is 19.4. The number of rotatable bonds is 3. The Kier molecular flexibility index (Phi) is 4.73. The van der Waals surface area contributed by atoms with E-state index in [-0.39, 0.29) is 18.0 Å². The third-order valence-electron chi connectivity index (χ3n) is 3.65. The van der Waals surface area contributed by atoms with Crippen LogP contribution in [0.2, 0.25) is 0 Å². The van der Waals surface area contributed by atoms with Gasteiger partial charge in [-0.15, -0.1) is 0 Å². The second-order valence-electron chi connectivity index (χ2n) is 5.03. The highest BCUT2D eigenvalue weighted by Crippen LogP contribution is 2.35. The van der Waals surface area contributed by atoms with Crippen molar-refractivity contribution in [2.24, 2.45) is 0 Å². The minimum absolute atomic E-state index is 0.108. The molecule has 0 heterocycles. The number of hydrogen-bond donors (Lipinski definition) is 0. The van der Waals surface area contributed by atoms with E-state index in [2.05, 4.69) is 0 Å². The Hall–Kier alpha value is -1.74. The number of nitriles is 1. The Labute approximate surface area is 121 Å². The lowest BCUT2D eigenvalue weighted by Crippen LogP contribution is -2.36. The highest BCUT2D eigenvalue weighted by molar-refractivity contribution is 5.44. The summed E-state index contributed by atoms with van der Waals surface area (Å²) in [5, 5.41) is 8.76. The zero-order chi connectivity index (χ0) is 15.5. The van der Waals surface area contributed by atoms with Crippen LogP contribution in [-0.2, 0) is 10.9 Å². The van der Waals surface area contributed by atoms with Gasteiger partial charge in [-0.1, -0.05) is 6.42 Å². The maximum absolute atomic E-state index is 12.9. The molecule has 114 valence electrons. The maximum Gasteiger partial charge on any atom is 0.417 e. The molecular formula is C15H16F3NO2. The second-order valence-corrected chi connectivity index (χ2v) is 5.03. The van der Waals surface area contributed by atoms with Gasteiger partial charge in [-0.3, -0.25) is 0 Å². The first kappa shape index (κ1) is 15.6. The first-order valence-corrected chi connectivity index (χ1v) is 6.76. The molecular weight excluding hydrogens is 283 g/mol. The molecule has 1 aromatic carbocycles. The Morgan fingerprint density at radius 3 is 2.43 bits per heavy atom. The SMILES string of the molecule is CO[C@H]1CCCC[C@@H]1Oc1ccc(C#N)c(C(F)(F)F)c1. The van der Waals surface area contributed by atoms with Crippen molar-refractivity contribution >= 4 is 0 Å². The summed E-state index contributed by atoms with van der Waals surface area (Å²) in [7, 11) is 1.58. The standard InChI is InChI=1S/C15H16F3NO2/c1-20-13-4-2-3-5-14(13)21-11-7-6-10(9-19)12(8-11)15(16,17)18/h6-8,13-14H,2-5H2,1H3/t13-,14-/m0/s1. The molecule has 3 nitrogen and oxygen atoms in total. The summed E-state index contributed by atoms with van der Waals surface area (Å²) >= 11 is 0. The van der Waals surface area contributed by atoms with Gasteiger partial charge < -0.3 is 9.47 Å². The molecule has 0 aromatic heterocycles. The summed E-state index contributed by atoms with van der Waals surface area (Å²) in [4.78, 5) is 0. The number of hydrogen-bond acceptors (Lipinski definition) is 3. The molecule has 0 aliphatic heterocycles. The average Bonchev–Trinajstić information content (AvgIpc) is 2.47. The van der Waals surface area contributed by atoms with Crippen molar-refractivity contribution in [3.05, 3.63) is 29.3 Å². The average molecular weight is 299 g/mol. The largest absolute Gasteiger partial charge is 0.488 e. The number of ether oxygens (including phenoxy) is 2. The number of alkyl halides is 3. The van der Waals surface area contributed by atoms with Crippen LogP contribution < -0.4 is 4.74 Å². The van der Waals surface area contributed by atoms with Crippen molar-refractivity contribution in [2.45, 2.75) is 44.1 Å². The van der Waals surface area contributed by atoms with Gasteiger partial charge in [-0.05, 0) is 37.5 Å². The number of benzene rings is 1. The molecule has 21 heavy (non-hydrogen) atoms. The molecule has 0 bridgehead atoms. The quantitative estimate of drug-likeness (QED) is 0.849. The molecule has 2 rings (SSSR count). The second kappa shape index (κ2) is 6.35. The zero-order valence-electron chi connectivity index (χ0n) is 11.6. The zero-order valence-corrected chi connectivity index (χ0v) is 11.6. The van der Waals surface area contributed by atoms with E-state index in [4.69, 9.17) is 14.7 Å². The molecule has 0 amide bonds. The highest BCUT2D eigenvalue weighted by Gasteiger charge is 2.34. The lowest BCUT2D eigenvalue weighted by Gasteiger charge is -2.31. The van der Waals surface area contributed by atoms with Gasteiger partial charge in [-0.25, -0.2) is 0 Å². The predicted molar refractivity (Wildman–Crippen MR) is 69.8 cm³/mol. The van der Waals surface area contributed by atoms with E-state index < -0.39 is 17.3 Å². The fourth-order valence-corrected chi connectivity index (χ4v) is 2.57. The van der Waals surface area contributed by atoms with Crippen LogP contribution in [0.15, 0.2) is 18.2 Å². The van der Waals surface area contributed by atoms with Crippen molar-refractivity contribution in [3.63, 3.8) is 0 Å². The minimum Gasteiger partial charge on any atom is -0.488 e. The first-order valence-electron chi connectivity index (χ1n) is 6.76. The fourth-order valence-electron chi connectivity index (χ4n) is 2.57. The third kappa shape index (κ3) is 3.67. The van der Waals surface area contributed by atoms with E-state index in [1.807, 2.05) is 0 Å². The van der Waals surface area contributed by atoms with Crippen molar-refractivity contribution < 1.29 is 22.6 Å². The van der Waals surface area contributed by atoms with E-state index in [9.17, 15) is 13.2 Å². The van der Waals surface area contributed by atoms with Gasteiger partial charge in [0.05, 0.1) is 23.3 Å². The third-order valence-corrected chi connectivity index (χ3v) is 3.65. The summed E-state index contributed by atoms with van der Waals surface area (Å²) in [5.41, 5.74) is -1.37. The van der Waals surface area contributed by atoms with Crippen LogP contribution in [0.1, 0.15) is 36.8 Å². The van der Waals surface area contributed by atoms with Crippen molar-refractivity contribution in [2.75, 3.05) is 7.11 Å². The van der Waals surface area contributed by atoms with E-state index in [0.29, 0.717) is 0 Å². The number of nitrogens with zero attached hydrogens (tertiary/aromatic N) is 1. The van der Waals surface area contributed by atoms with E-state index >= 15 is 0 Å². The van der Waals surface area contributed by atoms with Gasteiger partial charge in [0, 0.05) is 7.11 Å².